The van der Waals surface area contributed by atoms with Gasteiger partial charge in [0.25, 0.3) is 5.89 Å². The Hall–Kier alpha value is -3.07. The van der Waals surface area contributed by atoms with Crippen molar-refractivity contribution in [2.75, 3.05) is 6.79 Å². The minimum atomic E-state index is -0.574. The van der Waals surface area contributed by atoms with Crippen LogP contribution in [0.4, 0.5) is 0 Å². The van der Waals surface area contributed by atoms with E-state index >= 15 is 0 Å². The number of fused-ring (bicyclic) bond motifs is 1. The van der Waals surface area contributed by atoms with Crippen molar-refractivity contribution >= 4 is 17.2 Å². The van der Waals surface area contributed by atoms with Crippen molar-refractivity contribution in [2.45, 2.75) is 25.9 Å². The summed E-state index contributed by atoms with van der Waals surface area (Å²) in [5.41, 5.74) is 0.909. The van der Waals surface area contributed by atoms with Gasteiger partial charge in [-0.05, 0) is 36.1 Å². The topological polar surface area (TPSA) is 95.6 Å². The van der Waals surface area contributed by atoms with Crippen molar-refractivity contribution in [3.05, 3.63) is 51.8 Å². The quantitative estimate of drug-likeness (QED) is 0.698. The molecule has 0 saturated carbocycles. The molecule has 0 fully saturated rings. The summed E-state index contributed by atoms with van der Waals surface area (Å²) in [6.07, 6.45) is 0.116. The minimum absolute atomic E-state index is 0.116. The van der Waals surface area contributed by atoms with Crippen LogP contribution in [0.15, 0.2) is 44.9 Å². The van der Waals surface area contributed by atoms with Gasteiger partial charge >= 0.3 is 5.76 Å². The molecule has 0 saturated heterocycles. The van der Waals surface area contributed by atoms with Gasteiger partial charge in [-0.15, -0.1) is 16.4 Å². The summed E-state index contributed by atoms with van der Waals surface area (Å²) in [5, 5.41) is 8.92. The lowest BCUT2D eigenvalue weighted by atomic mass is 10.1. The first kappa shape index (κ1) is 17.3. The smallest absolute Gasteiger partial charge is 0.437 e. The molecule has 140 valence electrons. The molecule has 1 N–H and O–H groups in total. The van der Waals surface area contributed by atoms with Crippen molar-refractivity contribution in [2.24, 2.45) is 0 Å². The molecule has 0 bridgehead atoms. The second-order valence-electron chi connectivity index (χ2n) is 6.03. The summed E-state index contributed by atoms with van der Waals surface area (Å²) in [4.78, 5) is 24.9. The second-order valence-corrected chi connectivity index (χ2v) is 6.97. The van der Waals surface area contributed by atoms with Crippen LogP contribution >= 0.6 is 11.3 Å². The fraction of sp³-hybridized carbons (Fsp3) is 0.278. The number of aryl methyl sites for hydroxylation is 1. The van der Waals surface area contributed by atoms with E-state index < -0.39 is 5.76 Å². The average molecular weight is 387 g/mol. The molecule has 0 radical (unpaired) electrons. The third-order valence-electron chi connectivity index (χ3n) is 4.16. The predicted molar refractivity (Wildman–Crippen MR) is 97.8 cm³/mol. The highest BCUT2D eigenvalue weighted by atomic mass is 32.1. The molecule has 1 aliphatic rings. The van der Waals surface area contributed by atoms with Crippen molar-refractivity contribution < 1.29 is 18.7 Å². The number of rotatable bonds is 6. The minimum Gasteiger partial charge on any atom is -0.454 e. The van der Waals surface area contributed by atoms with Crippen LogP contribution in [-0.2, 0) is 11.3 Å². The molecule has 3 aromatic rings. The molecular formula is C18H17N3O5S. The number of nitrogens with zero attached hydrogens (tertiary/aromatic N) is 2. The Morgan fingerprint density at radius 2 is 2.19 bits per heavy atom. The second kappa shape index (κ2) is 7.28. The Morgan fingerprint density at radius 3 is 3.00 bits per heavy atom. The van der Waals surface area contributed by atoms with Crippen molar-refractivity contribution in [3.63, 3.8) is 0 Å². The number of aromatic nitrogens is 2. The number of amides is 1. The lowest BCUT2D eigenvalue weighted by molar-refractivity contribution is -0.122. The van der Waals surface area contributed by atoms with Gasteiger partial charge in [0.1, 0.15) is 0 Å². The highest BCUT2D eigenvalue weighted by Crippen LogP contribution is 2.34. The Labute approximate surface area is 158 Å². The highest BCUT2D eigenvalue weighted by Gasteiger charge is 2.17. The first-order chi connectivity index (χ1) is 13.1. The van der Waals surface area contributed by atoms with E-state index in [1.54, 1.807) is 0 Å². The van der Waals surface area contributed by atoms with Crippen LogP contribution < -0.4 is 20.5 Å². The lowest BCUT2D eigenvalue weighted by Crippen LogP contribution is -2.28. The van der Waals surface area contributed by atoms with E-state index in [1.165, 1.54) is 16.0 Å². The summed E-state index contributed by atoms with van der Waals surface area (Å²) >= 11 is 1.43. The van der Waals surface area contributed by atoms with E-state index in [4.69, 9.17) is 13.9 Å². The van der Waals surface area contributed by atoms with E-state index in [0.717, 1.165) is 10.4 Å². The SMILES string of the molecule is CC(NC(=O)CCn1nc(-c2cccs2)oc1=O)c1ccc2c(c1)OCO2. The maximum atomic E-state index is 12.2. The summed E-state index contributed by atoms with van der Waals surface area (Å²) in [5.74, 6) is 0.875. The Bertz CT molecular complexity index is 1010. The molecule has 0 spiro atoms. The molecule has 1 amide bonds. The van der Waals surface area contributed by atoms with Crippen LogP contribution in [0.25, 0.3) is 10.8 Å². The largest absolute Gasteiger partial charge is 0.454 e. The molecule has 1 aromatic carbocycles. The molecule has 1 aliphatic heterocycles. The Kier molecular flexibility index (Phi) is 4.68. The molecule has 0 aliphatic carbocycles. The monoisotopic (exact) mass is 387 g/mol. The summed E-state index contributed by atoms with van der Waals surface area (Å²) in [6, 6.07) is 9.02. The Morgan fingerprint density at radius 1 is 1.33 bits per heavy atom. The molecule has 1 atom stereocenters. The molecule has 3 heterocycles. The van der Waals surface area contributed by atoms with Gasteiger partial charge in [-0.3, -0.25) is 4.79 Å². The van der Waals surface area contributed by atoms with E-state index in [0.29, 0.717) is 11.5 Å². The molecule has 8 nitrogen and oxygen atoms in total. The number of nitrogens with one attached hydrogen (secondary N) is 1. The molecule has 9 heteroatoms. The van der Waals surface area contributed by atoms with Crippen molar-refractivity contribution in [1.29, 1.82) is 0 Å². The number of carbonyl (C=O) groups excluding carboxylic acids is 1. The maximum Gasteiger partial charge on any atom is 0.437 e. The van der Waals surface area contributed by atoms with E-state index in [2.05, 4.69) is 10.4 Å². The molecule has 1 unspecified atom stereocenters. The van der Waals surface area contributed by atoms with Gasteiger partial charge < -0.3 is 19.2 Å². The molecule has 4 rings (SSSR count). The summed E-state index contributed by atoms with van der Waals surface area (Å²) < 4.78 is 16.9. The van der Waals surface area contributed by atoms with Gasteiger partial charge in [0.05, 0.1) is 17.5 Å². The molecular weight excluding hydrogens is 370 g/mol. The van der Waals surface area contributed by atoms with E-state index in [-0.39, 0.29) is 37.6 Å². The van der Waals surface area contributed by atoms with Crippen LogP contribution in [0.1, 0.15) is 24.9 Å². The zero-order valence-electron chi connectivity index (χ0n) is 14.5. The van der Waals surface area contributed by atoms with Gasteiger partial charge in [-0.25, -0.2) is 4.79 Å². The number of hydrogen-bond acceptors (Lipinski definition) is 7. The summed E-state index contributed by atoms with van der Waals surface area (Å²) in [6.45, 7) is 2.24. The third-order valence-corrected chi connectivity index (χ3v) is 5.02. The van der Waals surface area contributed by atoms with Crippen LogP contribution in [0.5, 0.6) is 11.5 Å². The number of hydrogen-bond donors (Lipinski definition) is 1. The Balaban J connectivity index is 1.35. The predicted octanol–water partition coefficient (Wildman–Crippen LogP) is 2.56. The number of benzene rings is 1. The average Bonchev–Trinajstić information content (AvgIpc) is 3.40. The van der Waals surface area contributed by atoms with Crippen LogP contribution in [0.3, 0.4) is 0 Å². The van der Waals surface area contributed by atoms with Crippen molar-refractivity contribution in [1.82, 2.24) is 15.1 Å². The third kappa shape index (κ3) is 3.72. The first-order valence-electron chi connectivity index (χ1n) is 8.41. The van der Waals surface area contributed by atoms with Crippen LogP contribution in [-0.4, -0.2) is 22.5 Å². The van der Waals surface area contributed by atoms with Gasteiger partial charge in [-0.1, -0.05) is 12.1 Å². The molecule has 27 heavy (non-hydrogen) atoms. The zero-order chi connectivity index (χ0) is 18.8. The van der Waals surface area contributed by atoms with Crippen LogP contribution in [0.2, 0.25) is 0 Å². The molecule has 2 aromatic heterocycles. The maximum absolute atomic E-state index is 12.2. The summed E-state index contributed by atoms with van der Waals surface area (Å²) in [7, 11) is 0. The lowest BCUT2D eigenvalue weighted by Gasteiger charge is -2.14. The number of ether oxygens (including phenoxy) is 2. The number of thiophene rings is 1. The van der Waals surface area contributed by atoms with Gasteiger partial charge in [0.15, 0.2) is 11.5 Å². The van der Waals surface area contributed by atoms with Gasteiger partial charge in [-0.2, -0.15) is 4.68 Å². The van der Waals surface area contributed by atoms with Crippen LogP contribution in [0, 0.1) is 0 Å². The zero-order valence-corrected chi connectivity index (χ0v) is 15.3. The first-order valence-corrected chi connectivity index (χ1v) is 9.29. The fourth-order valence-electron chi connectivity index (χ4n) is 2.73. The normalized spacial score (nSPS) is 13.5. The number of carbonyl (C=O) groups is 1. The standard InChI is InChI=1S/C18H17N3O5S/c1-11(12-4-5-13-14(9-12)25-10-24-13)19-16(22)6-7-21-18(23)26-17(20-21)15-3-2-8-27-15/h2-5,8-9,11H,6-7,10H2,1H3,(H,19,22). The van der Waals surface area contributed by atoms with Crippen molar-refractivity contribution in [3.8, 4) is 22.3 Å². The van der Waals surface area contributed by atoms with Gasteiger partial charge in [0, 0.05) is 6.42 Å². The highest BCUT2D eigenvalue weighted by molar-refractivity contribution is 7.13. The van der Waals surface area contributed by atoms with E-state index in [1.807, 2.05) is 42.6 Å². The van der Waals surface area contributed by atoms with Gasteiger partial charge in [0.2, 0.25) is 12.7 Å². The fourth-order valence-corrected chi connectivity index (χ4v) is 3.38. The van der Waals surface area contributed by atoms with E-state index in [9.17, 15) is 9.59 Å².